The summed E-state index contributed by atoms with van der Waals surface area (Å²) < 4.78 is 0. The van der Waals surface area contributed by atoms with E-state index in [0.717, 1.165) is 23.2 Å². The highest BCUT2D eigenvalue weighted by Gasteiger charge is 2.11. The average molecular weight is 324 g/mol. The van der Waals surface area contributed by atoms with Gasteiger partial charge in [0.1, 0.15) is 0 Å². The molecule has 0 fully saturated rings. The maximum atomic E-state index is 6.21. The zero-order chi connectivity index (χ0) is 12.8. The van der Waals surface area contributed by atoms with E-state index in [1.54, 1.807) is 0 Å². The standard InChI is InChI=1S/C16H16BrCl/c17-12-14(10-13-6-2-1-3-7-13)11-15-8-4-5-9-16(15)18/h1-9,14H,10-12H2. The summed E-state index contributed by atoms with van der Waals surface area (Å²) in [5.74, 6) is 0.576. The van der Waals surface area contributed by atoms with E-state index in [4.69, 9.17) is 11.6 Å². The summed E-state index contributed by atoms with van der Waals surface area (Å²) in [4.78, 5) is 0. The van der Waals surface area contributed by atoms with Gasteiger partial charge in [-0.3, -0.25) is 0 Å². The van der Waals surface area contributed by atoms with Gasteiger partial charge in [0, 0.05) is 10.4 Å². The Balaban J connectivity index is 2.04. The Kier molecular flexibility index (Phi) is 5.27. The molecule has 18 heavy (non-hydrogen) atoms. The minimum Gasteiger partial charge on any atom is -0.0925 e. The van der Waals surface area contributed by atoms with Crippen molar-refractivity contribution < 1.29 is 0 Å². The lowest BCUT2D eigenvalue weighted by molar-refractivity contribution is 0.591. The first-order chi connectivity index (χ1) is 8.79. The molecule has 1 atom stereocenters. The molecule has 0 N–H and O–H groups in total. The first-order valence-electron chi connectivity index (χ1n) is 6.13. The molecular weight excluding hydrogens is 308 g/mol. The minimum absolute atomic E-state index is 0.576. The van der Waals surface area contributed by atoms with Crippen LogP contribution in [0, 0.1) is 5.92 Å². The number of rotatable bonds is 5. The van der Waals surface area contributed by atoms with E-state index in [9.17, 15) is 0 Å². The molecule has 0 aliphatic rings. The van der Waals surface area contributed by atoms with Crippen LogP contribution in [0.25, 0.3) is 0 Å². The van der Waals surface area contributed by atoms with Gasteiger partial charge in [0.2, 0.25) is 0 Å². The summed E-state index contributed by atoms with van der Waals surface area (Å²) >= 11 is 9.83. The Morgan fingerprint density at radius 1 is 0.889 bits per heavy atom. The second-order valence-electron chi connectivity index (χ2n) is 4.51. The molecule has 0 radical (unpaired) electrons. The van der Waals surface area contributed by atoms with E-state index in [1.165, 1.54) is 11.1 Å². The molecule has 0 aliphatic heterocycles. The Hall–Kier alpha value is -0.790. The molecule has 0 aliphatic carbocycles. The maximum absolute atomic E-state index is 6.21. The highest BCUT2D eigenvalue weighted by Crippen LogP contribution is 2.22. The summed E-state index contributed by atoms with van der Waals surface area (Å²) in [5.41, 5.74) is 2.62. The van der Waals surface area contributed by atoms with Crippen LogP contribution < -0.4 is 0 Å². The Labute approximate surface area is 122 Å². The van der Waals surface area contributed by atoms with Crippen LogP contribution in [0.5, 0.6) is 0 Å². The van der Waals surface area contributed by atoms with Gasteiger partial charge >= 0.3 is 0 Å². The first-order valence-corrected chi connectivity index (χ1v) is 7.63. The molecule has 0 saturated heterocycles. The maximum Gasteiger partial charge on any atom is 0.0438 e. The zero-order valence-electron chi connectivity index (χ0n) is 10.2. The van der Waals surface area contributed by atoms with Gasteiger partial charge < -0.3 is 0 Å². The second kappa shape index (κ2) is 6.96. The van der Waals surface area contributed by atoms with Crippen molar-refractivity contribution in [2.75, 3.05) is 5.33 Å². The normalized spacial score (nSPS) is 12.3. The third-order valence-electron chi connectivity index (χ3n) is 3.05. The summed E-state index contributed by atoms with van der Waals surface area (Å²) in [5, 5.41) is 1.86. The van der Waals surface area contributed by atoms with Crippen LogP contribution in [-0.4, -0.2) is 5.33 Å². The van der Waals surface area contributed by atoms with Crippen LogP contribution in [0.15, 0.2) is 54.6 Å². The van der Waals surface area contributed by atoms with Crippen LogP contribution in [0.3, 0.4) is 0 Å². The summed E-state index contributed by atoms with van der Waals surface area (Å²) in [7, 11) is 0. The van der Waals surface area contributed by atoms with Gasteiger partial charge in [-0.25, -0.2) is 0 Å². The minimum atomic E-state index is 0.576. The molecule has 2 aromatic carbocycles. The largest absolute Gasteiger partial charge is 0.0925 e. The molecule has 0 amide bonds. The van der Waals surface area contributed by atoms with E-state index >= 15 is 0 Å². The van der Waals surface area contributed by atoms with Gasteiger partial charge in [-0.05, 0) is 36.0 Å². The van der Waals surface area contributed by atoms with Crippen LogP contribution in [-0.2, 0) is 12.8 Å². The van der Waals surface area contributed by atoms with Gasteiger partial charge in [-0.15, -0.1) is 0 Å². The van der Waals surface area contributed by atoms with Gasteiger partial charge in [0.05, 0.1) is 0 Å². The van der Waals surface area contributed by atoms with E-state index < -0.39 is 0 Å². The quantitative estimate of drug-likeness (QED) is 0.669. The van der Waals surface area contributed by atoms with Gasteiger partial charge in [0.25, 0.3) is 0 Å². The highest BCUT2D eigenvalue weighted by molar-refractivity contribution is 9.09. The lowest BCUT2D eigenvalue weighted by Gasteiger charge is -2.15. The van der Waals surface area contributed by atoms with Crippen molar-refractivity contribution in [2.45, 2.75) is 12.8 Å². The number of benzene rings is 2. The molecule has 0 heterocycles. The molecule has 0 aromatic heterocycles. The highest BCUT2D eigenvalue weighted by atomic mass is 79.9. The van der Waals surface area contributed by atoms with Crippen molar-refractivity contribution in [2.24, 2.45) is 5.92 Å². The second-order valence-corrected chi connectivity index (χ2v) is 5.56. The van der Waals surface area contributed by atoms with E-state index in [2.05, 4.69) is 58.4 Å². The topological polar surface area (TPSA) is 0 Å². The van der Waals surface area contributed by atoms with Gasteiger partial charge in [-0.2, -0.15) is 0 Å². The first kappa shape index (κ1) is 13.6. The number of alkyl halides is 1. The van der Waals surface area contributed by atoms with Crippen molar-refractivity contribution in [1.82, 2.24) is 0 Å². The van der Waals surface area contributed by atoms with Crippen molar-refractivity contribution in [1.29, 1.82) is 0 Å². The van der Waals surface area contributed by atoms with Crippen LogP contribution >= 0.6 is 27.5 Å². The summed E-state index contributed by atoms with van der Waals surface area (Å²) in [6.07, 6.45) is 2.09. The number of hydrogen-bond donors (Lipinski definition) is 0. The van der Waals surface area contributed by atoms with Crippen molar-refractivity contribution in [3.8, 4) is 0 Å². The van der Waals surface area contributed by atoms with Crippen LogP contribution in [0.1, 0.15) is 11.1 Å². The molecular formula is C16H16BrCl. The number of halogens is 2. The van der Waals surface area contributed by atoms with Crippen LogP contribution in [0.4, 0.5) is 0 Å². The lowest BCUT2D eigenvalue weighted by Crippen LogP contribution is -2.10. The van der Waals surface area contributed by atoms with E-state index in [1.807, 2.05) is 12.1 Å². The lowest BCUT2D eigenvalue weighted by atomic mass is 9.94. The Morgan fingerprint density at radius 2 is 1.56 bits per heavy atom. The molecule has 0 spiro atoms. The third-order valence-corrected chi connectivity index (χ3v) is 4.34. The molecule has 2 rings (SSSR count). The summed E-state index contributed by atoms with van der Waals surface area (Å²) in [6.45, 7) is 0. The SMILES string of the molecule is Clc1ccccc1CC(CBr)Cc1ccccc1. The fourth-order valence-corrected chi connectivity index (χ4v) is 2.77. The molecule has 0 bridgehead atoms. The molecule has 0 nitrogen and oxygen atoms in total. The Morgan fingerprint density at radius 3 is 2.22 bits per heavy atom. The predicted octanol–water partition coefficient (Wildman–Crippen LogP) is 5.14. The molecule has 1 unspecified atom stereocenters. The molecule has 0 saturated carbocycles. The van der Waals surface area contributed by atoms with Gasteiger partial charge in [0.15, 0.2) is 0 Å². The summed E-state index contributed by atoms with van der Waals surface area (Å²) in [6, 6.07) is 18.7. The number of hydrogen-bond acceptors (Lipinski definition) is 0. The molecule has 94 valence electrons. The van der Waals surface area contributed by atoms with E-state index in [0.29, 0.717) is 5.92 Å². The average Bonchev–Trinajstić information content (AvgIpc) is 2.41. The van der Waals surface area contributed by atoms with Crippen molar-refractivity contribution >= 4 is 27.5 Å². The van der Waals surface area contributed by atoms with Crippen molar-refractivity contribution in [3.05, 3.63) is 70.7 Å². The fraction of sp³-hybridized carbons (Fsp3) is 0.250. The fourth-order valence-electron chi connectivity index (χ4n) is 2.10. The van der Waals surface area contributed by atoms with Crippen molar-refractivity contribution in [3.63, 3.8) is 0 Å². The third kappa shape index (κ3) is 3.86. The molecule has 2 heteroatoms. The van der Waals surface area contributed by atoms with Crippen LogP contribution in [0.2, 0.25) is 5.02 Å². The Bertz CT molecular complexity index is 481. The molecule has 2 aromatic rings. The predicted molar refractivity (Wildman–Crippen MR) is 82.6 cm³/mol. The smallest absolute Gasteiger partial charge is 0.0438 e. The van der Waals surface area contributed by atoms with Gasteiger partial charge in [-0.1, -0.05) is 76.1 Å². The van der Waals surface area contributed by atoms with E-state index in [-0.39, 0.29) is 0 Å². The zero-order valence-corrected chi connectivity index (χ0v) is 12.5. The monoisotopic (exact) mass is 322 g/mol.